The fraction of sp³-hybridized carbons (Fsp3) is 0.615. The van der Waals surface area contributed by atoms with E-state index in [2.05, 4.69) is 5.32 Å². The van der Waals surface area contributed by atoms with Gasteiger partial charge in [-0.2, -0.15) is 0 Å². The van der Waals surface area contributed by atoms with Crippen molar-refractivity contribution in [1.29, 1.82) is 0 Å². The van der Waals surface area contributed by atoms with E-state index in [1.807, 2.05) is 27.7 Å². The summed E-state index contributed by atoms with van der Waals surface area (Å²) < 4.78 is 5.19. The van der Waals surface area contributed by atoms with Crippen molar-refractivity contribution in [3.63, 3.8) is 0 Å². The zero-order chi connectivity index (χ0) is 28.7. The molecule has 12 nitrogen and oxygen atoms in total. The van der Waals surface area contributed by atoms with Gasteiger partial charge in [-0.3, -0.25) is 19.2 Å². The van der Waals surface area contributed by atoms with E-state index < -0.39 is 11.8 Å². The lowest BCUT2D eigenvalue weighted by atomic mass is 10.2. The van der Waals surface area contributed by atoms with Gasteiger partial charge in [0.15, 0.2) is 0 Å². The summed E-state index contributed by atoms with van der Waals surface area (Å²) in [7, 11) is 1.55. The number of benzene rings is 1. The van der Waals surface area contributed by atoms with Gasteiger partial charge < -0.3 is 41.1 Å². The topological polar surface area (TPSA) is 155 Å². The van der Waals surface area contributed by atoms with Crippen molar-refractivity contribution in [3.05, 3.63) is 29.8 Å². The molecule has 0 aliphatic heterocycles. The highest BCUT2D eigenvalue weighted by Crippen LogP contribution is 2.14. The monoisotopic (exact) mass is 535 g/mol. The van der Waals surface area contributed by atoms with Gasteiger partial charge in [0.05, 0.1) is 27.0 Å². The summed E-state index contributed by atoms with van der Waals surface area (Å²) in [6.07, 6.45) is 0. The van der Waals surface area contributed by atoms with E-state index in [0.29, 0.717) is 25.4 Å². The number of amides is 4. The molecule has 0 aromatic heterocycles. The predicted molar refractivity (Wildman–Crippen MR) is 146 cm³/mol. The van der Waals surface area contributed by atoms with Crippen LogP contribution in [0.25, 0.3) is 0 Å². The van der Waals surface area contributed by atoms with Gasteiger partial charge >= 0.3 is 0 Å². The average molecular weight is 536 g/mol. The SMILES string of the molecule is CCNCC(=O)N(CN)CC(=O)N(CC(=O)N(CN)CC(=O)N(CC)CC(C)C)Cc1ccc(OC)cc1. The summed E-state index contributed by atoms with van der Waals surface area (Å²) in [5.41, 5.74) is 12.3. The molecule has 5 N–H and O–H groups in total. The van der Waals surface area contributed by atoms with Gasteiger partial charge in [-0.15, -0.1) is 0 Å². The van der Waals surface area contributed by atoms with E-state index in [1.54, 1.807) is 36.3 Å². The first-order chi connectivity index (χ1) is 18.1. The molecule has 1 rings (SSSR count). The van der Waals surface area contributed by atoms with Gasteiger partial charge in [0.1, 0.15) is 25.4 Å². The molecule has 12 heteroatoms. The van der Waals surface area contributed by atoms with Gasteiger partial charge in [0.25, 0.3) is 0 Å². The molecule has 1 aromatic rings. The average Bonchev–Trinajstić information content (AvgIpc) is 2.91. The third kappa shape index (κ3) is 11.0. The van der Waals surface area contributed by atoms with Crippen molar-refractivity contribution >= 4 is 23.6 Å². The van der Waals surface area contributed by atoms with Gasteiger partial charge in [0.2, 0.25) is 23.6 Å². The van der Waals surface area contributed by atoms with Crippen LogP contribution in [0.15, 0.2) is 24.3 Å². The van der Waals surface area contributed by atoms with Crippen LogP contribution >= 0.6 is 0 Å². The highest BCUT2D eigenvalue weighted by molar-refractivity contribution is 5.90. The molecule has 0 fully saturated rings. The highest BCUT2D eigenvalue weighted by Gasteiger charge is 2.26. The molecule has 0 unspecified atom stereocenters. The van der Waals surface area contributed by atoms with Crippen molar-refractivity contribution in [3.8, 4) is 5.75 Å². The van der Waals surface area contributed by atoms with Crippen LogP contribution in [0.4, 0.5) is 0 Å². The van der Waals surface area contributed by atoms with Crippen molar-refractivity contribution < 1.29 is 23.9 Å². The van der Waals surface area contributed by atoms with Gasteiger partial charge in [-0.05, 0) is 37.1 Å². The second-order valence-electron chi connectivity index (χ2n) is 9.25. The van der Waals surface area contributed by atoms with Crippen molar-refractivity contribution in [2.45, 2.75) is 34.2 Å². The summed E-state index contributed by atoms with van der Waals surface area (Å²) in [4.78, 5) is 57.3. The minimum atomic E-state index is -0.471. The maximum Gasteiger partial charge on any atom is 0.243 e. The molecule has 0 atom stereocenters. The summed E-state index contributed by atoms with van der Waals surface area (Å²) in [6, 6.07) is 7.08. The maximum atomic E-state index is 13.3. The Labute approximate surface area is 226 Å². The van der Waals surface area contributed by atoms with E-state index in [0.717, 1.165) is 5.56 Å². The smallest absolute Gasteiger partial charge is 0.243 e. The molecule has 0 saturated heterocycles. The number of carbonyl (C=O) groups excluding carboxylic acids is 4. The number of hydrogen-bond donors (Lipinski definition) is 3. The second kappa shape index (κ2) is 17.3. The third-order valence-electron chi connectivity index (χ3n) is 5.86. The lowest BCUT2D eigenvalue weighted by molar-refractivity contribution is -0.146. The molecule has 0 spiro atoms. The quantitative estimate of drug-likeness (QED) is 0.228. The molecule has 0 aliphatic rings. The van der Waals surface area contributed by atoms with E-state index in [4.69, 9.17) is 16.2 Å². The standard InChI is InChI=1S/C26H45N7O5/c1-6-29-12-23(34)32(18-27)17-25(36)31(14-21-8-10-22(38-5)11-9-21)15-26(37)33(19-28)16-24(35)30(7-2)13-20(3)4/h8-11,20,29H,6-7,12-19,27-28H2,1-5H3. The summed E-state index contributed by atoms with van der Waals surface area (Å²) in [5.74, 6) is -0.530. The van der Waals surface area contributed by atoms with Gasteiger partial charge in [-0.25, -0.2) is 0 Å². The van der Waals surface area contributed by atoms with Crippen LogP contribution in [-0.2, 0) is 25.7 Å². The lowest BCUT2D eigenvalue weighted by Crippen LogP contribution is -2.52. The Balaban J connectivity index is 3.08. The van der Waals surface area contributed by atoms with E-state index in [-0.39, 0.29) is 63.8 Å². The molecule has 214 valence electrons. The summed E-state index contributed by atoms with van der Waals surface area (Å²) in [6.45, 7) is 8.49. The first-order valence-electron chi connectivity index (χ1n) is 12.9. The Morgan fingerprint density at radius 1 is 0.816 bits per heavy atom. The van der Waals surface area contributed by atoms with Crippen LogP contribution in [0, 0.1) is 5.92 Å². The Hall–Kier alpha value is -3.22. The molecular formula is C26H45N7O5. The van der Waals surface area contributed by atoms with Crippen LogP contribution in [-0.4, -0.2) is 109 Å². The molecule has 0 aliphatic carbocycles. The summed E-state index contributed by atoms with van der Waals surface area (Å²) in [5, 5.41) is 2.92. The summed E-state index contributed by atoms with van der Waals surface area (Å²) >= 11 is 0. The Bertz CT molecular complexity index is 894. The minimum Gasteiger partial charge on any atom is -0.497 e. The first kappa shape index (κ1) is 32.8. The molecule has 0 saturated carbocycles. The minimum absolute atomic E-state index is 0.0474. The molecule has 0 bridgehead atoms. The molecule has 0 radical (unpaired) electrons. The zero-order valence-corrected chi connectivity index (χ0v) is 23.4. The molecular weight excluding hydrogens is 490 g/mol. The normalized spacial score (nSPS) is 10.7. The first-order valence-corrected chi connectivity index (χ1v) is 12.9. The molecule has 1 aromatic carbocycles. The van der Waals surface area contributed by atoms with Crippen LogP contribution in [0.2, 0.25) is 0 Å². The second-order valence-corrected chi connectivity index (χ2v) is 9.25. The zero-order valence-electron chi connectivity index (χ0n) is 23.4. The van der Waals surface area contributed by atoms with Crippen LogP contribution in [0.5, 0.6) is 5.75 Å². The number of nitrogens with zero attached hydrogens (tertiary/aromatic N) is 4. The number of likely N-dealkylation sites (N-methyl/N-ethyl adjacent to an activating group) is 2. The molecule has 38 heavy (non-hydrogen) atoms. The number of nitrogens with one attached hydrogen (secondary N) is 1. The van der Waals surface area contributed by atoms with Crippen molar-refractivity contribution in [1.82, 2.24) is 24.9 Å². The molecule has 4 amide bonds. The number of methoxy groups -OCH3 is 1. The van der Waals surface area contributed by atoms with Crippen LogP contribution in [0.1, 0.15) is 33.3 Å². The molecule has 0 heterocycles. The number of rotatable bonds is 17. The Kier molecular flexibility index (Phi) is 15.0. The Morgan fingerprint density at radius 3 is 1.79 bits per heavy atom. The number of hydrogen-bond acceptors (Lipinski definition) is 8. The lowest BCUT2D eigenvalue weighted by Gasteiger charge is -2.30. The number of carbonyl (C=O) groups is 4. The van der Waals surface area contributed by atoms with E-state index in [1.165, 1.54) is 14.7 Å². The van der Waals surface area contributed by atoms with E-state index >= 15 is 0 Å². The maximum absolute atomic E-state index is 13.3. The van der Waals surface area contributed by atoms with E-state index in [9.17, 15) is 19.2 Å². The third-order valence-corrected chi connectivity index (χ3v) is 5.86. The van der Waals surface area contributed by atoms with Gasteiger partial charge in [-0.1, -0.05) is 32.9 Å². The van der Waals surface area contributed by atoms with Gasteiger partial charge in [0, 0.05) is 19.6 Å². The van der Waals surface area contributed by atoms with Crippen molar-refractivity contribution in [2.24, 2.45) is 17.4 Å². The van der Waals surface area contributed by atoms with Crippen LogP contribution < -0.4 is 21.5 Å². The fourth-order valence-corrected chi connectivity index (χ4v) is 3.67. The Morgan fingerprint density at radius 2 is 1.32 bits per heavy atom. The predicted octanol–water partition coefficient (Wildman–Crippen LogP) is -0.373. The van der Waals surface area contributed by atoms with Crippen LogP contribution in [0.3, 0.4) is 0 Å². The largest absolute Gasteiger partial charge is 0.497 e. The fourth-order valence-electron chi connectivity index (χ4n) is 3.67. The number of ether oxygens (including phenoxy) is 1. The van der Waals surface area contributed by atoms with Crippen molar-refractivity contribution in [2.75, 3.05) is 66.3 Å². The highest BCUT2D eigenvalue weighted by atomic mass is 16.5. The number of nitrogens with two attached hydrogens (primary N) is 2.